The van der Waals surface area contributed by atoms with Crippen LogP contribution < -0.4 is 0 Å². The van der Waals surface area contributed by atoms with Crippen LogP contribution >= 0.6 is 0 Å². The van der Waals surface area contributed by atoms with Gasteiger partial charge in [0.2, 0.25) is 10.0 Å². The third-order valence-corrected chi connectivity index (χ3v) is 5.41. The van der Waals surface area contributed by atoms with Gasteiger partial charge >= 0.3 is 5.97 Å². The van der Waals surface area contributed by atoms with E-state index in [2.05, 4.69) is 10.7 Å². The molecule has 1 saturated carbocycles. The average molecular weight is 259 g/mol. The van der Waals surface area contributed by atoms with Gasteiger partial charge < -0.3 is 4.74 Å². The molecule has 6 heteroatoms. The van der Waals surface area contributed by atoms with Crippen molar-refractivity contribution in [1.29, 1.82) is 0 Å². The molecule has 0 bridgehead atoms. The second kappa shape index (κ2) is 5.52. The summed E-state index contributed by atoms with van der Waals surface area (Å²) in [4.78, 5) is 11.5. The molecule has 0 aromatic carbocycles. The zero-order chi connectivity index (χ0) is 13.1. The second-order valence-corrected chi connectivity index (χ2v) is 6.36. The Bertz CT molecular complexity index is 423. The van der Waals surface area contributed by atoms with E-state index >= 15 is 0 Å². The third-order valence-electron chi connectivity index (χ3n) is 3.09. The molecule has 1 aliphatic carbocycles. The molecule has 0 spiro atoms. The van der Waals surface area contributed by atoms with Crippen LogP contribution in [0.1, 0.15) is 19.3 Å². The minimum absolute atomic E-state index is 0.0206. The van der Waals surface area contributed by atoms with Crippen LogP contribution in [0.3, 0.4) is 0 Å². The van der Waals surface area contributed by atoms with Crippen molar-refractivity contribution in [1.82, 2.24) is 4.31 Å². The number of hydrogen-bond acceptors (Lipinski definition) is 4. The summed E-state index contributed by atoms with van der Waals surface area (Å²) in [5, 5.41) is -0.701. The molecular weight excluding hydrogens is 242 g/mol. The molecule has 5 nitrogen and oxygen atoms in total. The summed E-state index contributed by atoms with van der Waals surface area (Å²) in [6, 6.07) is 0. The Morgan fingerprint density at radius 2 is 2.18 bits per heavy atom. The van der Waals surface area contributed by atoms with Gasteiger partial charge in [0.1, 0.15) is 0 Å². The van der Waals surface area contributed by atoms with Crippen molar-refractivity contribution in [2.24, 2.45) is 5.92 Å². The van der Waals surface area contributed by atoms with Gasteiger partial charge in [-0.1, -0.05) is 12.3 Å². The number of sulfonamides is 1. The zero-order valence-corrected chi connectivity index (χ0v) is 10.9. The van der Waals surface area contributed by atoms with Gasteiger partial charge in [-0.2, -0.15) is 4.31 Å². The number of rotatable bonds is 4. The zero-order valence-electron chi connectivity index (χ0n) is 10.0. The fraction of sp³-hybridized carbons (Fsp3) is 0.727. The van der Waals surface area contributed by atoms with Gasteiger partial charge in [-0.05, 0) is 12.8 Å². The lowest BCUT2D eigenvalue weighted by Gasteiger charge is -2.23. The molecule has 96 valence electrons. The van der Waals surface area contributed by atoms with E-state index in [1.165, 1.54) is 14.2 Å². The number of hydrogen-bond donors (Lipinski definition) is 0. The molecule has 1 rings (SSSR count). The van der Waals surface area contributed by atoms with Crippen LogP contribution in [0.4, 0.5) is 0 Å². The largest absolute Gasteiger partial charge is 0.469 e. The van der Waals surface area contributed by atoms with Crippen LogP contribution in [0.5, 0.6) is 0 Å². The maximum absolute atomic E-state index is 12.2. The first-order chi connectivity index (χ1) is 7.95. The SMILES string of the molecule is C#CCN(C)S(=O)(=O)C1CCCC1C(=O)OC. The van der Waals surface area contributed by atoms with Gasteiger partial charge in [0.15, 0.2) is 0 Å². The Balaban J connectivity index is 2.91. The van der Waals surface area contributed by atoms with Crippen molar-refractivity contribution in [3.05, 3.63) is 0 Å². The highest BCUT2D eigenvalue weighted by molar-refractivity contribution is 7.89. The maximum Gasteiger partial charge on any atom is 0.310 e. The van der Waals surface area contributed by atoms with Gasteiger partial charge in [-0.25, -0.2) is 8.42 Å². The van der Waals surface area contributed by atoms with Crippen molar-refractivity contribution < 1.29 is 17.9 Å². The molecule has 2 atom stereocenters. The van der Waals surface area contributed by atoms with E-state index in [9.17, 15) is 13.2 Å². The third kappa shape index (κ3) is 2.79. The average Bonchev–Trinajstić information content (AvgIpc) is 2.77. The Morgan fingerprint density at radius 3 is 2.71 bits per heavy atom. The summed E-state index contributed by atoms with van der Waals surface area (Å²) in [6.07, 6.45) is 6.85. The minimum Gasteiger partial charge on any atom is -0.469 e. The topological polar surface area (TPSA) is 63.7 Å². The number of ether oxygens (including phenoxy) is 1. The van der Waals surface area contributed by atoms with E-state index in [1.807, 2.05) is 0 Å². The molecule has 0 amide bonds. The van der Waals surface area contributed by atoms with Gasteiger partial charge in [0, 0.05) is 7.05 Å². The molecule has 0 saturated heterocycles. The summed E-state index contributed by atoms with van der Waals surface area (Å²) in [7, 11) is -0.809. The van der Waals surface area contributed by atoms with Crippen molar-refractivity contribution in [2.45, 2.75) is 24.5 Å². The van der Waals surface area contributed by atoms with E-state index in [4.69, 9.17) is 6.42 Å². The fourth-order valence-corrected chi connectivity index (χ4v) is 4.00. The standard InChI is InChI=1S/C11H17NO4S/c1-4-8-12(2)17(14,15)10-7-5-6-9(10)11(13)16-3/h1,9-10H,5-8H2,2-3H3. The van der Waals surface area contributed by atoms with Crippen LogP contribution in [-0.2, 0) is 19.6 Å². The van der Waals surface area contributed by atoms with Crippen molar-refractivity contribution in [2.75, 3.05) is 20.7 Å². The van der Waals surface area contributed by atoms with Crippen LogP contribution in [0, 0.1) is 18.3 Å². The Morgan fingerprint density at radius 1 is 1.53 bits per heavy atom. The van der Waals surface area contributed by atoms with Crippen LogP contribution in [0.15, 0.2) is 0 Å². The van der Waals surface area contributed by atoms with Gasteiger partial charge in [0.05, 0.1) is 24.8 Å². The van der Waals surface area contributed by atoms with E-state index < -0.39 is 27.2 Å². The molecule has 0 aromatic heterocycles. The molecule has 0 aliphatic heterocycles. The number of terminal acetylenes is 1. The summed E-state index contributed by atoms with van der Waals surface area (Å²) in [6.45, 7) is 0.0206. The van der Waals surface area contributed by atoms with Crippen LogP contribution in [-0.4, -0.2) is 44.6 Å². The minimum atomic E-state index is -3.52. The normalized spacial score (nSPS) is 24.6. The van der Waals surface area contributed by atoms with E-state index in [0.29, 0.717) is 19.3 Å². The van der Waals surface area contributed by atoms with Crippen LogP contribution in [0.2, 0.25) is 0 Å². The van der Waals surface area contributed by atoms with Crippen molar-refractivity contribution in [3.63, 3.8) is 0 Å². The summed E-state index contributed by atoms with van der Waals surface area (Å²) in [5.41, 5.74) is 0. The summed E-state index contributed by atoms with van der Waals surface area (Å²) >= 11 is 0. The molecule has 17 heavy (non-hydrogen) atoms. The predicted octanol–water partition coefficient (Wildman–Crippen LogP) is 0.223. The lowest BCUT2D eigenvalue weighted by molar-refractivity contribution is -0.145. The second-order valence-electron chi connectivity index (χ2n) is 4.10. The highest BCUT2D eigenvalue weighted by Gasteiger charge is 2.43. The van der Waals surface area contributed by atoms with Gasteiger partial charge in [-0.3, -0.25) is 4.79 Å². The number of carbonyl (C=O) groups excluding carboxylic acids is 1. The lowest BCUT2D eigenvalue weighted by Crippen LogP contribution is -2.40. The Kier molecular flexibility index (Phi) is 4.54. The number of esters is 1. The molecule has 0 N–H and O–H groups in total. The molecule has 0 radical (unpaired) electrons. The van der Waals surface area contributed by atoms with Gasteiger partial charge in [-0.15, -0.1) is 6.42 Å². The molecule has 0 heterocycles. The molecule has 1 fully saturated rings. The van der Waals surface area contributed by atoms with E-state index in [-0.39, 0.29) is 6.54 Å². The maximum atomic E-state index is 12.2. The molecular formula is C11H17NO4S. The molecule has 2 unspecified atom stereocenters. The number of carbonyl (C=O) groups is 1. The first-order valence-corrected chi connectivity index (χ1v) is 6.92. The Labute approximate surface area is 102 Å². The first-order valence-electron chi connectivity index (χ1n) is 5.41. The number of nitrogens with zero attached hydrogens (tertiary/aromatic N) is 1. The highest BCUT2D eigenvalue weighted by atomic mass is 32.2. The monoisotopic (exact) mass is 259 g/mol. The highest BCUT2D eigenvalue weighted by Crippen LogP contribution is 2.33. The lowest BCUT2D eigenvalue weighted by atomic mass is 10.1. The Hall–Kier alpha value is -1.06. The number of methoxy groups -OCH3 is 1. The molecule has 1 aliphatic rings. The van der Waals surface area contributed by atoms with E-state index in [0.717, 1.165) is 4.31 Å². The van der Waals surface area contributed by atoms with Crippen molar-refractivity contribution >= 4 is 16.0 Å². The smallest absolute Gasteiger partial charge is 0.310 e. The van der Waals surface area contributed by atoms with Crippen LogP contribution in [0.25, 0.3) is 0 Å². The van der Waals surface area contributed by atoms with E-state index in [1.54, 1.807) is 0 Å². The van der Waals surface area contributed by atoms with Crippen molar-refractivity contribution in [3.8, 4) is 12.3 Å². The summed E-state index contributed by atoms with van der Waals surface area (Å²) in [5.74, 6) is 1.27. The van der Waals surface area contributed by atoms with Gasteiger partial charge in [0.25, 0.3) is 0 Å². The summed E-state index contributed by atoms with van der Waals surface area (Å²) < 4.78 is 30.1. The molecule has 0 aromatic rings. The fourth-order valence-electron chi connectivity index (χ4n) is 2.15. The predicted molar refractivity (Wildman–Crippen MR) is 63.5 cm³/mol. The quantitative estimate of drug-likeness (QED) is 0.535. The first kappa shape index (κ1) is 14.0.